The number of aromatic nitrogens is 2. The Morgan fingerprint density at radius 3 is 2.75 bits per heavy atom. The largest absolute Gasteiger partial charge is 0.469 e. The molecule has 0 amide bonds. The van der Waals surface area contributed by atoms with E-state index < -0.39 is 0 Å². The highest BCUT2D eigenvalue weighted by molar-refractivity contribution is 5.44. The highest BCUT2D eigenvalue weighted by Crippen LogP contribution is 2.18. The van der Waals surface area contributed by atoms with Crippen LogP contribution in [0.2, 0.25) is 0 Å². The van der Waals surface area contributed by atoms with Gasteiger partial charge < -0.3 is 20.0 Å². The molecular weight excluding hydrogens is 254 g/mol. The maximum absolute atomic E-state index is 5.83. The number of hydrogen-bond donors (Lipinski definition) is 1. The van der Waals surface area contributed by atoms with E-state index in [4.69, 9.17) is 10.2 Å². The second-order valence-corrected chi connectivity index (χ2v) is 5.12. The van der Waals surface area contributed by atoms with Gasteiger partial charge in [0.05, 0.1) is 12.0 Å². The number of likely N-dealkylation sites (N-methyl/N-ethyl adjacent to an activating group) is 1. The molecule has 1 aliphatic heterocycles. The lowest BCUT2D eigenvalue weighted by Gasteiger charge is -2.33. The Morgan fingerprint density at radius 2 is 2.05 bits per heavy atom. The lowest BCUT2D eigenvalue weighted by atomic mass is 10.2. The molecule has 6 heteroatoms. The standard InChI is InChI=1S/C14H19N5O/c1-18-4-6-19(7-5-18)13-10-11(16-14(15)17-13)9-12-3-2-8-20-12/h2-3,8,10H,4-7,9H2,1H3,(H2,15,16,17). The van der Waals surface area contributed by atoms with Crippen LogP contribution in [0.1, 0.15) is 11.5 Å². The summed E-state index contributed by atoms with van der Waals surface area (Å²) in [4.78, 5) is 13.2. The van der Waals surface area contributed by atoms with Gasteiger partial charge in [-0.25, -0.2) is 4.98 Å². The molecule has 2 N–H and O–H groups in total. The molecule has 3 heterocycles. The summed E-state index contributed by atoms with van der Waals surface area (Å²) in [5, 5.41) is 0. The molecule has 3 rings (SSSR count). The van der Waals surface area contributed by atoms with Crippen molar-refractivity contribution in [1.29, 1.82) is 0 Å². The lowest BCUT2D eigenvalue weighted by molar-refractivity contribution is 0.312. The van der Waals surface area contributed by atoms with Gasteiger partial charge in [0.15, 0.2) is 0 Å². The second kappa shape index (κ2) is 5.50. The Morgan fingerprint density at radius 1 is 1.25 bits per heavy atom. The van der Waals surface area contributed by atoms with E-state index in [9.17, 15) is 0 Å². The summed E-state index contributed by atoms with van der Waals surface area (Å²) in [5.41, 5.74) is 6.72. The van der Waals surface area contributed by atoms with Crippen molar-refractivity contribution in [2.24, 2.45) is 0 Å². The zero-order chi connectivity index (χ0) is 13.9. The molecular formula is C14H19N5O. The minimum Gasteiger partial charge on any atom is -0.469 e. The van der Waals surface area contributed by atoms with Gasteiger partial charge in [0, 0.05) is 38.7 Å². The van der Waals surface area contributed by atoms with Crippen molar-refractivity contribution in [2.75, 3.05) is 43.9 Å². The zero-order valence-electron chi connectivity index (χ0n) is 11.6. The predicted octanol–water partition coefficient (Wildman–Crippen LogP) is 0.994. The zero-order valence-corrected chi connectivity index (χ0v) is 11.6. The van der Waals surface area contributed by atoms with Gasteiger partial charge >= 0.3 is 0 Å². The van der Waals surface area contributed by atoms with Crippen molar-refractivity contribution in [2.45, 2.75) is 6.42 Å². The van der Waals surface area contributed by atoms with Crippen molar-refractivity contribution in [1.82, 2.24) is 14.9 Å². The molecule has 1 saturated heterocycles. The van der Waals surface area contributed by atoms with E-state index in [-0.39, 0.29) is 0 Å². The summed E-state index contributed by atoms with van der Waals surface area (Å²) in [6.45, 7) is 4.01. The monoisotopic (exact) mass is 273 g/mol. The molecule has 0 aromatic carbocycles. The topological polar surface area (TPSA) is 71.4 Å². The molecule has 0 unspecified atom stereocenters. The van der Waals surface area contributed by atoms with Crippen LogP contribution in [0, 0.1) is 0 Å². The molecule has 0 spiro atoms. The fourth-order valence-corrected chi connectivity index (χ4v) is 2.38. The quantitative estimate of drug-likeness (QED) is 0.899. The first-order chi connectivity index (χ1) is 9.70. The van der Waals surface area contributed by atoms with Gasteiger partial charge in [-0.05, 0) is 19.2 Å². The van der Waals surface area contributed by atoms with Crippen LogP contribution < -0.4 is 10.6 Å². The average Bonchev–Trinajstić information content (AvgIpc) is 2.91. The van der Waals surface area contributed by atoms with Crippen molar-refractivity contribution in [3.05, 3.63) is 35.9 Å². The van der Waals surface area contributed by atoms with E-state index in [0.29, 0.717) is 12.4 Å². The van der Waals surface area contributed by atoms with E-state index in [1.807, 2.05) is 18.2 Å². The SMILES string of the molecule is CN1CCN(c2cc(Cc3ccco3)nc(N)n2)CC1. The Balaban J connectivity index is 1.79. The number of nitrogen functional groups attached to an aromatic ring is 1. The van der Waals surface area contributed by atoms with Crippen molar-refractivity contribution < 1.29 is 4.42 Å². The molecule has 2 aromatic heterocycles. The molecule has 1 fully saturated rings. The normalized spacial score (nSPS) is 16.6. The van der Waals surface area contributed by atoms with Crippen LogP contribution in [-0.4, -0.2) is 48.1 Å². The van der Waals surface area contributed by atoms with E-state index in [1.54, 1.807) is 6.26 Å². The number of hydrogen-bond acceptors (Lipinski definition) is 6. The molecule has 0 bridgehead atoms. The Labute approximate surface area is 118 Å². The van der Waals surface area contributed by atoms with Crippen LogP contribution in [0.25, 0.3) is 0 Å². The number of furan rings is 1. The van der Waals surface area contributed by atoms with Gasteiger partial charge in [-0.2, -0.15) is 4.98 Å². The van der Waals surface area contributed by atoms with Gasteiger partial charge in [-0.1, -0.05) is 0 Å². The smallest absolute Gasteiger partial charge is 0.222 e. The maximum atomic E-state index is 5.83. The van der Waals surface area contributed by atoms with E-state index in [2.05, 4.69) is 26.8 Å². The summed E-state index contributed by atoms with van der Waals surface area (Å²) in [5.74, 6) is 2.11. The molecule has 1 aliphatic rings. The van der Waals surface area contributed by atoms with Crippen LogP contribution in [0.5, 0.6) is 0 Å². The molecule has 0 saturated carbocycles. The third kappa shape index (κ3) is 2.91. The molecule has 106 valence electrons. The summed E-state index contributed by atoms with van der Waals surface area (Å²) in [6, 6.07) is 5.82. The predicted molar refractivity (Wildman–Crippen MR) is 77.7 cm³/mol. The van der Waals surface area contributed by atoms with Crippen molar-refractivity contribution in [3.8, 4) is 0 Å². The number of anilines is 2. The molecule has 6 nitrogen and oxygen atoms in total. The second-order valence-electron chi connectivity index (χ2n) is 5.12. The molecule has 2 aromatic rings. The molecule has 0 aliphatic carbocycles. The highest BCUT2D eigenvalue weighted by atomic mass is 16.3. The minimum atomic E-state index is 0.322. The van der Waals surface area contributed by atoms with E-state index in [0.717, 1.165) is 43.5 Å². The van der Waals surface area contributed by atoms with Crippen LogP contribution in [0.3, 0.4) is 0 Å². The molecule has 0 radical (unpaired) electrons. The van der Waals surface area contributed by atoms with Gasteiger partial charge in [-0.3, -0.25) is 0 Å². The first kappa shape index (κ1) is 12.9. The first-order valence-electron chi connectivity index (χ1n) is 6.80. The van der Waals surface area contributed by atoms with Gasteiger partial charge in [-0.15, -0.1) is 0 Å². The van der Waals surface area contributed by atoms with Crippen LogP contribution in [0.15, 0.2) is 28.9 Å². The average molecular weight is 273 g/mol. The number of nitrogens with zero attached hydrogens (tertiary/aromatic N) is 4. The number of nitrogens with two attached hydrogens (primary N) is 1. The summed E-state index contributed by atoms with van der Waals surface area (Å²) >= 11 is 0. The number of rotatable bonds is 3. The van der Waals surface area contributed by atoms with Crippen molar-refractivity contribution in [3.63, 3.8) is 0 Å². The molecule has 0 atom stereocenters. The maximum Gasteiger partial charge on any atom is 0.222 e. The molecule has 20 heavy (non-hydrogen) atoms. The van der Waals surface area contributed by atoms with Crippen LogP contribution in [-0.2, 0) is 6.42 Å². The van der Waals surface area contributed by atoms with E-state index >= 15 is 0 Å². The van der Waals surface area contributed by atoms with E-state index in [1.165, 1.54) is 0 Å². The lowest BCUT2D eigenvalue weighted by Crippen LogP contribution is -2.44. The Bertz CT molecular complexity index is 561. The summed E-state index contributed by atoms with van der Waals surface area (Å²) in [6.07, 6.45) is 2.31. The fraction of sp³-hybridized carbons (Fsp3) is 0.429. The first-order valence-corrected chi connectivity index (χ1v) is 6.80. The minimum absolute atomic E-state index is 0.322. The van der Waals surface area contributed by atoms with Gasteiger partial charge in [0.1, 0.15) is 11.6 Å². The number of piperazine rings is 1. The fourth-order valence-electron chi connectivity index (χ4n) is 2.38. The highest BCUT2D eigenvalue weighted by Gasteiger charge is 2.16. The Kier molecular flexibility index (Phi) is 3.56. The third-order valence-corrected chi connectivity index (χ3v) is 3.55. The summed E-state index contributed by atoms with van der Waals surface area (Å²) < 4.78 is 5.36. The van der Waals surface area contributed by atoms with Gasteiger partial charge in [0.2, 0.25) is 5.95 Å². The van der Waals surface area contributed by atoms with Crippen LogP contribution in [0.4, 0.5) is 11.8 Å². The Hall–Kier alpha value is -2.08. The van der Waals surface area contributed by atoms with Crippen LogP contribution >= 0.6 is 0 Å². The van der Waals surface area contributed by atoms with Crippen molar-refractivity contribution >= 4 is 11.8 Å². The summed E-state index contributed by atoms with van der Waals surface area (Å²) in [7, 11) is 2.13. The third-order valence-electron chi connectivity index (χ3n) is 3.55. The van der Waals surface area contributed by atoms with Gasteiger partial charge in [0.25, 0.3) is 0 Å².